The Morgan fingerprint density at radius 1 is 1.00 bits per heavy atom. The fourth-order valence-electron chi connectivity index (χ4n) is 0. The molecule has 5 heavy (non-hydrogen) atoms. The summed E-state index contributed by atoms with van der Waals surface area (Å²) in [5, 5.41) is 0. The first-order valence-electron chi connectivity index (χ1n) is 0. The Morgan fingerprint density at radius 2 is 1.00 bits per heavy atom. The normalized spacial score (nSPS) is 0. The third-order valence-electron chi connectivity index (χ3n) is 0. The summed E-state index contributed by atoms with van der Waals surface area (Å²) in [5.41, 5.74) is 0. The molecule has 0 aromatic heterocycles. The van der Waals surface area contributed by atoms with Gasteiger partial charge in [0.2, 0.25) is 0 Å². The zero-order chi connectivity index (χ0) is 0. The van der Waals surface area contributed by atoms with Crippen LogP contribution < -0.4 is 0 Å². The van der Waals surface area contributed by atoms with Crippen molar-refractivity contribution in [2.45, 2.75) is 0 Å². The van der Waals surface area contributed by atoms with Gasteiger partial charge in [0.1, 0.15) is 0 Å². The van der Waals surface area contributed by atoms with Gasteiger partial charge in [-0.25, -0.2) is 0 Å². The zero-order valence-electron chi connectivity index (χ0n) is 1.36. The summed E-state index contributed by atoms with van der Waals surface area (Å²) in [6, 6.07) is 0. The molecular weight excluding hydrogens is 338 g/mol. The van der Waals surface area contributed by atoms with Crippen LogP contribution >= 0.6 is 0 Å². The monoisotopic (exact) mass is 342 g/mol. The van der Waals surface area contributed by atoms with Crippen LogP contribution in [0.5, 0.6) is 0 Å². The number of rotatable bonds is 0. The van der Waals surface area contributed by atoms with Crippen LogP contribution in [-0.2, 0) is 22.5 Å². The second-order valence-corrected chi connectivity index (χ2v) is 0. The average molecular weight is 342 g/mol. The van der Waals surface area contributed by atoms with E-state index < -0.39 is 0 Å². The molecule has 0 saturated carbocycles. The molecule has 0 aliphatic carbocycles. The van der Waals surface area contributed by atoms with Gasteiger partial charge < -0.3 is 5.48 Å². The summed E-state index contributed by atoms with van der Waals surface area (Å²) in [6.45, 7) is 0. The van der Waals surface area contributed by atoms with Crippen LogP contribution in [0.15, 0.2) is 0 Å². The van der Waals surface area contributed by atoms with E-state index in [-0.39, 0.29) is 141 Å². The Bertz CT molecular complexity index is 11.6. The van der Waals surface area contributed by atoms with Crippen molar-refractivity contribution in [2.24, 2.45) is 0 Å². The SMILES string of the molecule is [CaH2].[La].[Mn+2].[O-2].[SrH2]. The van der Waals surface area contributed by atoms with Crippen LogP contribution in [0, 0.1) is 35.6 Å². The Labute approximate surface area is 137 Å². The second-order valence-electron chi connectivity index (χ2n) is 0. The van der Waals surface area contributed by atoms with Gasteiger partial charge in [-0.3, -0.25) is 0 Å². The summed E-state index contributed by atoms with van der Waals surface area (Å²) in [5.74, 6) is 0. The van der Waals surface area contributed by atoms with Crippen LogP contribution in [0.4, 0.5) is 0 Å². The molecule has 0 spiro atoms. The molecule has 1 nitrogen and oxygen atoms in total. The van der Waals surface area contributed by atoms with Gasteiger partial charge >= 0.3 is 100 Å². The van der Waals surface area contributed by atoms with Crippen LogP contribution in [0.2, 0.25) is 0 Å². The first-order chi connectivity index (χ1) is 0. The van der Waals surface area contributed by atoms with Crippen molar-refractivity contribution in [1.82, 2.24) is 0 Å². The van der Waals surface area contributed by atoms with E-state index in [0.29, 0.717) is 0 Å². The van der Waals surface area contributed by atoms with Crippen molar-refractivity contribution in [3.8, 4) is 0 Å². The molecular formula is H4CaLaMnOSr. The fourth-order valence-corrected chi connectivity index (χ4v) is 0. The maximum absolute atomic E-state index is 0. The van der Waals surface area contributed by atoms with Crippen LogP contribution in [0.1, 0.15) is 0 Å². The molecule has 0 aromatic carbocycles. The number of hydrogen-bond donors (Lipinski definition) is 0. The minimum atomic E-state index is 0. The van der Waals surface area contributed by atoms with E-state index in [1.807, 2.05) is 0 Å². The molecule has 5 heteroatoms. The van der Waals surface area contributed by atoms with E-state index in [1.165, 1.54) is 0 Å². The van der Waals surface area contributed by atoms with Crippen LogP contribution in [-0.4, -0.2) is 83.2 Å². The Morgan fingerprint density at radius 3 is 1.00 bits per heavy atom. The average Bonchev–Trinajstić information content (AvgIpc) is 0. The van der Waals surface area contributed by atoms with Crippen molar-refractivity contribution in [3.63, 3.8) is 0 Å². The van der Waals surface area contributed by atoms with Crippen molar-refractivity contribution in [1.29, 1.82) is 0 Å². The van der Waals surface area contributed by atoms with E-state index in [1.54, 1.807) is 0 Å². The van der Waals surface area contributed by atoms with Crippen molar-refractivity contribution < 1.29 is 58.1 Å². The van der Waals surface area contributed by atoms with E-state index in [9.17, 15) is 0 Å². The third kappa shape index (κ3) is 17.8. The van der Waals surface area contributed by atoms with E-state index in [2.05, 4.69) is 0 Å². The molecule has 24 valence electrons. The van der Waals surface area contributed by atoms with Gasteiger partial charge in [0.25, 0.3) is 0 Å². The van der Waals surface area contributed by atoms with Crippen LogP contribution in [0.25, 0.3) is 0 Å². The quantitative estimate of drug-likeness (QED) is 0.458. The molecule has 0 aromatic rings. The second kappa shape index (κ2) is 23.7. The molecule has 0 atom stereocenters. The van der Waals surface area contributed by atoms with Gasteiger partial charge in [-0.2, -0.15) is 0 Å². The molecule has 0 bridgehead atoms. The molecule has 0 unspecified atom stereocenters. The van der Waals surface area contributed by atoms with Crippen LogP contribution in [0.3, 0.4) is 0 Å². The summed E-state index contributed by atoms with van der Waals surface area (Å²) in [6.07, 6.45) is 0. The molecule has 0 aliphatic heterocycles. The molecule has 0 N–H and O–H groups in total. The zero-order valence-corrected chi connectivity index (χ0v) is 6.17. The third-order valence-corrected chi connectivity index (χ3v) is 0. The van der Waals surface area contributed by atoms with Gasteiger partial charge in [-0.15, -0.1) is 0 Å². The molecule has 0 heterocycles. The molecule has 0 saturated heterocycles. The van der Waals surface area contributed by atoms with E-state index in [4.69, 9.17) is 0 Å². The van der Waals surface area contributed by atoms with Crippen molar-refractivity contribution in [3.05, 3.63) is 0 Å². The maximum atomic E-state index is 0. The molecule has 2 radical (unpaired) electrons. The fraction of sp³-hybridized carbons (Fsp3) is 0. The molecule has 0 aliphatic rings. The Hall–Kier alpha value is 4.41. The van der Waals surface area contributed by atoms with E-state index in [0.717, 1.165) is 0 Å². The first-order valence-corrected chi connectivity index (χ1v) is 0. The predicted octanol–water partition coefficient (Wildman–Crippen LogP) is -1.95. The molecule has 0 rings (SSSR count). The van der Waals surface area contributed by atoms with Gasteiger partial charge in [0.05, 0.1) is 0 Å². The minimum absolute atomic E-state index is 0. The van der Waals surface area contributed by atoms with Gasteiger partial charge in [-0.1, -0.05) is 0 Å². The standard InChI is InChI=1S/Ca.La.Mn.O.Sr.4H/q;;+2;-2;;;;;. The summed E-state index contributed by atoms with van der Waals surface area (Å²) in [4.78, 5) is 0. The molecule has 0 fully saturated rings. The summed E-state index contributed by atoms with van der Waals surface area (Å²) < 4.78 is 0. The summed E-state index contributed by atoms with van der Waals surface area (Å²) >= 11 is 0. The number of hydrogen-bond acceptors (Lipinski definition) is 0. The topological polar surface area (TPSA) is 28.5 Å². The Kier molecular flexibility index (Phi) is 162. The summed E-state index contributed by atoms with van der Waals surface area (Å²) in [7, 11) is 0. The Balaban J connectivity index is 0. The van der Waals surface area contributed by atoms with Crippen molar-refractivity contribution >= 4 is 83.2 Å². The van der Waals surface area contributed by atoms with E-state index >= 15 is 0 Å². The predicted molar refractivity (Wildman–Crippen MR) is 17.8 cm³/mol. The van der Waals surface area contributed by atoms with Crippen molar-refractivity contribution in [2.75, 3.05) is 0 Å². The molecule has 0 amide bonds. The van der Waals surface area contributed by atoms with Gasteiger partial charge in [-0.05, 0) is 0 Å². The first kappa shape index (κ1) is 34.2. The van der Waals surface area contributed by atoms with Gasteiger partial charge in [0.15, 0.2) is 0 Å². The van der Waals surface area contributed by atoms with Gasteiger partial charge in [0, 0.05) is 35.6 Å².